The van der Waals surface area contributed by atoms with E-state index in [1.165, 1.54) is 19.4 Å². The van der Waals surface area contributed by atoms with Gasteiger partial charge in [-0.2, -0.15) is 0 Å². The molecular formula is C7H16N2. The van der Waals surface area contributed by atoms with Crippen molar-refractivity contribution in [2.24, 2.45) is 0 Å². The highest BCUT2D eigenvalue weighted by Crippen LogP contribution is 2.03. The van der Waals surface area contributed by atoms with Gasteiger partial charge in [0.15, 0.2) is 0 Å². The summed E-state index contributed by atoms with van der Waals surface area (Å²) in [5, 5.41) is 3.44. The molecule has 1 N–H and O–H groups in total. The Bertz CT molecular complexity index is 75.0. The van der Waals surface area contributed by atoms with Crippen molar-refractivity contribution in [2.75, 3.05) is 20.3 Å². The van der Waals surface area contributed by atoms with Gasteiger partial charge in [-0.25, -0.2) is 0 Å². The first-order chi connectivity index (χ1) is 4.33. The first-order valence-electron chi connectivity index (χ1n) is 3.75. The van der Waals surface area contributed by atoms with E-state index in [-0.39, 0.29) is 0 Å². The summed E-state index contributed by atoms with van der Waals surface area (Å²) < 4.78 is 0. The first-order valence-corrected chi connectivity index (χ1v) is 3.75. The van der Waals surface area contributed by atoms with Gasteiger partial charge < -0.3 is 5.32 Å². The molecule has 1 aliphatic heterocycles. The fourth-order valence-electron chi connectivity index (χ4n) is 1.19. The Kier molecular flexibility index (Phi) is 2.49. The van der Waals surface area contributed by atoms with Crippen LogP contribution in [0, 0.1) is 0 Å². The minimum atomic E-state index is 0.779. The van der Waals surface area contributed by atoms with Gasteiger partial charge in [-0.3, -0.25) is 4.90 Å². The molecule has 2 nitrogen and oxygen atoms in total. The van der Waals surface area contributed by atoms with Crippen LogP contribution in [0.25, 0.3) is 0 Å². The number of rotatable bonds is 1. The Balaban J connectivity index is 2.18. The van der Waals surface area contributed by atoms with E-state index in [4.69, 9.17) is 0 Å². The molecule has 1 fully saturated rings. The highest BCUT2D eigenvalue weighted by Gasteiger charge is 2.12. The summed E-state index contributed by atoms with van der Waals surface area (Å²) in [5.41, 5.74) is 0. The van der Waals surface area contributed by atoms with E-state index in [2.05, 4.69) is 24.2 Å². The van der Waals surface area contributed by atoms with Crippen molar-refractivity contribution in [3.8, 4) is 0 Å². The standard InChI is InChI=1S/C7H16N2/c1-3-7-4-5-9(2)6-8-7/h7-8H,3-6H2,1-2H3. The third-order valence-electron chi connectivity index (χ3n) is 2.00. The third kappa shape index (κ3) is 1.95. The Morgan fingerprint density at radius 2 is 2.44 bits per heavy atom. The quantitative estimate of drug-likeness (QED) is 0.557. The molecule has 54 valence electrons. The summed E-state index contributed by atoms with van der Waals surface area (Å²) in [5.74, 6) is 0. The lowest BCUT2D eigenvalue weighted by Gasteiger charge is -2.29. The molecule has 0 saturated carbocycles. The predicted molar refractivity (Wildman–Crippen MR) is 39.3 cm³/mol. The van der Waals surface area contributed by atoms with Gasteiger partial charge in [0.2, 0.25) is 0 Å². The minimum Gasteiger partial charge on any atom is -0.301 e. The van der Waals surface area contributed by atoms with Crippen molar-refractivity contribution in [3.05, 3.63) is 0 Å². The second-order valence-electron chi connectivity index (χ2n) is 2.84. The highest BCUT2D eigenvalue weighted by molar-refractivity contribution is 4.70. The smallest absolute Gasteiger partial charge is 0.0479 e. The Labute approximate surface area is 57.2 Å². The lowest BCUT2D eigenvalue weighted by Crippen LogP contribution is -2.45. The van der Waals surface area contributed by atoms with Crippen molar-refractivity contribution in [3.63, 3.8) is 0 Å². The molecule has 9 heavy (non-hydrogen) atoms. The summed E-state index contributed by atoms with van der Waals surface area (Å²) in [6.45, 7) is 4.56. The molecular weight excluding hydrogens is 112 g/mol. The van der Waals surface area contributed by atoms with Crippen LogP contribution in [0.1, 0.15) is 19.8 Å². The normalized spacial score (nSPS) is 30.7. The molecule has 1 heterocycles. The number of nitrogens with zero attached hydrogens (tertiary/aromatic N) is 1. The second kappa shape index (κ2) is 3.18. The van der Waals surface area contributed by atoms with Crippen LogP contribution in [0.5, 0.6) is 0 Å². The molecule has 1 rings (SSSR count). The van der Waals surface area contributed by atoms with E-state index in [0.29, 0.717) is 0 Å². The van der Waals surface area contributed by atoms with Crippen molar-refractivity contribution in [1.82, 2.24) is 10.2 Å². The van der Waals surface area contributed by atoms with Gasteiger partial charge in [-0.15, -0.1) is 0 Å². The van der Waals surface area contributed by atoms with Crippen LogP contribution in [-0.2, 0) is 0 Å². The van der Waals surface area contributed by atoms with Gasteiger partial charge in [-0.05, 0) is 19.9 Å². The van der Waals surface area contributed by atoms with E-state index in [1.807, 2.05) is 0 Å². The van der Waals surface area contributed by atoms with E-state index >= 15 is 0 Å². The largest absolute Gasteiger partial charge is 0.301 e. The highest BCUT2D eigenvalue weighted by atomic mass is 15.2. The van der Waals surface area contributed by atoms with Crippen LogP contribution in [0.2, 0.25) is 0 Å². The maximum atomic E-state index is 3.44. The molecule has 1 aliphatic rings. The zero-order chi connectivity index (χ0) is 6.69. The van der Waals surface area contributed by atoms with E-state index in [0.717, 1.165) is 12.7 Å². The van der Waals surface area contributed by atoms with Crippen molar-refractivity contribution in [1.29, 1.82) is 0 Å². The molecule has 1 atom stereocenters. The minimum absolute atomic E-state index is 0.779. The van der Waals surface area contributed by atoms with Gasteiger partial charge in [0.05, 0.1) is 0 Å². The monoisotopic (exact) mass is 128 g/mol. The topological polar surface area (TPSA) is 15.3 Å². The number of nitrogens with one attached hydrogen (secondary N) is 1. The van der Waals surface area contributed by atoms with Crippen LogP contribution >= 0.6 is 0 Å². The van der Waals surface area contributed by atoms with Crippen molar-refractivity contribution < 1.29 is 0 Å². The number of hydrogen-bond acceptors (Lipinski definition) is 2. The molecule has 0 spiro atoms. The summed E-state index contributed by atoms with van der Waals surface area (Å²) in [4.78, 5) is 2.31. The number of hydrogen-bond donors (Lipinski definition) is 1. The summed E-state index contributed by atoms with van der Waals surface area (Å²) in [6, 6.07) is 0.779. The van der Waals surface area contributed by atoms with Crippen molar-refractivity contribution in [2.45, 2.75) is 25.8 Å². The van der Waals surface area contributed by atoms with E-state index in [1.54, 1.807) is 0 Å². The summed E-state index contributed by atoms with van der Waals surface area (Å²) in [6.07, 6.45) is 2.58. The van der Waals surface area contributed by atoms with Gasteiger partial charge in [0.25, 0.3) is 0 Å². The molecule has 1 unspecified atom stereocenters. The van der Waals surface area contributed by atoms with Crippen molar-refractivity contribution >= 4 is 0 Å². The van der Waals surface area contributed by atoms with Gasteiger partial charge >= 0.3 is 0 Å². The van der Waals surface area contributed by atoms with Gasteiger partial charge in [0.1, 0.15) is 0 Å². The molecule has 1 saturated heterocycles. The van der Waals surface area contributed by atoms with Crippen LogP contribution in [0.3, 0.4) is 0 Å². The van der Waals surface area contributed by atoms with Crippen LogP contribution in [0.4, 0.5) is 0 Å². The zero-order valence-electron chi connectivity index (χ0n) is 6.35. The lowest BCUT2D eigenvalue weighted by atomic mass is 10.1. The molecule has 2 heteroatoms. The lowest BCUT2D eigenvalue weighted by molar-refractivity contribution is 0.216. The fourth-order valence-corrected chi connectivity index (χ4v) is 1.19. The molecule has 0 aromatic carbocycles. The van der Waals surface area contributed by atoms with Gasteiger partial charge in [0, 0.05) is 19.3 Å². The summed E-state index contributed by atoms with van der Waals surface area (Å²) in [7, 11) is 2.15. The Hall–Kier alpha value is -0.0800. The van der Waals surface area contributed by atoms with E-state index < -0.39 is 0 Å². The maximum absolute atomic E-state index is 3.44. The molecule has 0 bridgehead atoms. The molecule has 0 amide bonds. The first kappa shape index (κ1) is 7.03. The zero-order valence-corrected chi connectivity index (χ0v) is 6.35. The van der Waals surface area contributed by atoms with Gasteiger partial charge in [-0.1, -0.05) is 6.92 Å². The summed E-state index contributed by atoms with van der Waals surface area (Å²) >= 11 is 0. The Morgan fingerprint density at radius 1 is 1.67 bits per heavy atom. The molecule has 0 aromatic rings. The maximum Gasteiger partial charge on any atom is 0.0479 e. The van der Waals surface area contributed by atoms with E-state index in [9.17, 15) is 0 Å². The second-order valence-corrected chi connectivity index (χ2v) is 2.84. The van der Waals surface area contributed by atoms with Crippen LogP contribution in [0.15, 0.2) is 0 Å². The van der Waals surface area contributed by atoms with Crippen LogP contribution in [-0.4, -0.2) is 31.2 Å². The molecule has 0 radical (unpaired) electrons. The fraction of sp³-hybridized carbons (Fsp3) is 1.00. The Morgan fingerprint density at radius 3 is 2.89 bits per heavy atom. The molecule has 0 aliphatic carbocycles. The van der Waals surface area contributed by atoms with Crippen LogP contribution < -0.4 is 5.32 Å². The predicted octanol–water partition coefficient (Wildman–Crippen LogP) is 0.648. The molecule has 0 aromatic heterocycles. The average molecular weight is 128 g/mol. The average Bonchev–Trinajstić information content (AvgIpc) is 1.90. The third-order valence-corrected chi connectivity index (χ3v) is 2.00. The SMILES string of the molecule is CCC1CCN(C)CN1.